The summed E-state index contributed by atoms with van der Waals surface area (Å²) in [6.07, 6.45) is 0.369. The van der Waals surface area contributed by atoms with E-state index in [1.165, 1.54) is 0 Å². The van der Waals surface area contributed by atoms with E-state index < -0.39 is 11.9 Å². The Morgan fingerprint density at radius 2 is 1.95 bits per heavy atom. The Morgan fingerprint density at radius 3 is 2.42 bits per heavy atom. The average molecular weight is 268 g/mol. The Balaban J connectivity index is 3.24. The third-order valence-electron chi connectivity index (χ3n) is 2.98. The summed E-state index contributed by atoms with van der Waals surface area (Å²) in [6.45, 7) is 2.07. The van der Waals surface area contributed by atoms with Gasteiger partial charge in [0.1, 0.15) is 0 Å². The van der Waals surface area contributed by atoms with Crippen molar-refractivity contribution in [3.63, 3.8) is 0 Å². The summed E-state index contributed by atoms with van der Waals surface area (Å²) >= 11 is 0. The zero-order valence-electron chi connectivity index (χ0n) is 11.7. The Bertz CT molecular complexity index is 442. The molecule has 1 aromatic rings. The predicted molar refractivity (Wildman–Crippen MR) is 70.8 cm³/mol. The lowest BCUT2D eigenvalue weighted by Gasteiger charge is -2.18. The van der Waals surface area contributed by atoms with Crippen molar-refractivity contribution in [1.82, 2.24) is 0 Å². The molecule has 0 fully saturated rings. The van der Waals surface area contributed by atoms with E-state index in [0.717, 1.165) is 11.1 Å². The second-order valence-electron chi connectivity index (χ2n) is 4.32. The fraction of sp³-hybridized carbons (Fsp3) is 0.500. The third kappa shape index (κ3) is 3.61. The lowest BCUT2D eigenvalue weighted by atomic mass is 9.95. The SMILES string of the molecule is COCc1ccc(OC)c(OC)c1CC(C)C(=O)O. The molecule has 0 saturated heterocycles. The second-order valence-corrected chi connectivity index (χ2v) is 4.32. The molecule has 1 aromatic carbocycles. The van der Waals surface area contributed by atoms with Crippen molar-refractivity contribution in [3.8, 4) is 11.5 Å². The first-order valence-corrected chi connectivity index (χ1v) is 5.99. The highest BCUT2D eigenvalue weighted by atomic mass is 16.5. The van der Waals surface area contributed by atoms with E-state index >= 15 is 0 Å². The molecular formula is C14H20O5. The number of carbonyl (C=O) groups is 1. The van der Waals surface area contributed by atoms with Crippen molar-refractivity contribution < 1.29 is 24.1 Å². The number of aliphatic carboxylic acids is 1. The first kappa shape index (κ1) is 15.3. The molecule has 0 aromatic heterocycles. The highest BCUT2D eigenvalue weighted by Crippen LogP contribution is 2.35. The van der Waals surface area contributed by atoms with Crippen LogP contribution >= 0.6 is 0 Å². The number of hydrogen-bond acceptors (Lipinski definition) is 4. The summed E-state index contributed by atoms with van der Waals surface area (Å²) in [4.78, 5) is 11.0. The van der Waals surface area contributed by atoms with E-state index in [1.54, 1.807) is 34.3 Å². The van der Waals surface area contributed by atoms with Crippen LogP contribution in [0.5, 0.6) is 11.5 Å². The van der Waals surface area contributed by atoms with E-state index in [-0.39, 0.29) is 0 Å². The molecule has 0 aliphatic carbocycles. The Morgan fingerprint density at radius 1 is 1.26 bits per heavy atom. The van der Waals surface area contributed by atoms with Gasteiger partial charge in [-0.25, -0.2) is 0 Å². The molecule has 0 heterocycles. The molecular weight excluding hydrogens is 248 g/mol. The van der Waals surface area contributed by atoms with E-state index in [1.807, 2.05) is 6.07 Å². The lowest BCUT2D eigenvalue weighted by Crippen LogP contribution is -2.14. The van der Waals surface area contributed by atoms with Gasteiger partial charge in [0.2, 0.25) is 0 Å². The van der Waals surface area contributed by atoms with Crippen LogP contribution in [0.25, 0.3) is 0 Å². The fourth-order valence-corrected chi connectivity index (χ4v) is 1.94. The Labute approximate surface area is 113 Å². The first-order valence-electron chi connectivity index (χ1n) is 5.99. The molecule has 0 aliphatic rings. The summed E-state index contributed by atoms with van der Waals surface area (Å²) in [5.41, 5.74) is 1.73. The summed E-state index contributed by atoms with van der Waals surface area (Å²) in [5.74, 6) is -0.176. The van der Waals surface area contributed by atoms with Crippen LogP contribution in [0.4, 0.5) is 0 Å². The molecule has 1 unspecified atom stereocenters. The molecule has 5 heteroatoms. The monoisotopic (exact) mass is 268 g/mol. The fourth-order valence-electron chi connectivity index (χ4n) is 1.94. The summed E-state index contributed by atoms with van der Waals surface area (Å²) in [6, 6.07) is 3.66. The number of benzene rings is 1. The summed E-state index contributed by atoms with van der Waals surface area (Å²) in [5, 5.41) is 9.05. The van der Waals surface area contributed by atoms with Gasteiger partial charge in [0.15, 0.2) is 11.5 Å². The topological polar surface area (TPSA) is 65.0 Å². The molecule has 1 atom stereocenters. The van der Waals surface area contributed by atoms with Crippen molar-refractivity contribution in [2.75, 3.05) is 21.3 Å². The van der Waals surface area contributed by atoms with Crippen LogP contribution in [0, 0.1) is 5.92 Å². The van der Waals surface area contributed by atoms with Gasteiger partial charge < -0.3 is 19.3 Å². The molecule has 0 saturated carbocycles. The standard InChI is InChI=1S/C14H20O5/c1-9(14(15)16)7-11-10(8-17-2)5-6-12(18-3)13(11)19-4/h5-6,9H,7-8H2,1-4H3,(H,15,16). The van der Waals surface area contributed by atoms with E-state index in [2.05, 4.69) is 0 Å². The number of hydrogen-bond donors (Lipinski definition) is 1. The average Bonchev–Trinajstić information content (AvgIpc) is 2.40. The molecule has 0 aliphatic heterocycles. The highest BCUT2D eigenvalue weighted by molar-refractivity contribution is 5.70. The summed E-state index contributed by atoms with van der Waals surface area (Å²) in [7, 11) is 4.70. The van der Waals surface area contributed by atoms with Crippen molar-refractivity contribution in [1.29, 1.82) is 0 Å². The number of methoxy groups -OCH3 is 3. The number of ether oxygens (including phenoxy) is 3. The Hall–Kier alpha value is -1.75. The molecule has 1 rings (SSSR count). The van der Waals surface area contributed by atoms with Crippen molar-refractivity contribution in [2.45, 2.75) is 20.0 Å². The maximum Gasteiger partial charge on any atom is 0.306 e. The van der Waals surface area contributed by atoms with Crippen LogP contribution in [-0.2, 0) is 22.6 Å². The molecule has 0 bridgehead atoms. The molecule has 0 radical (unpaired) electrons. The minimum atomic E-state index is -0.840. The van der Waals surface area contributed by atoms with Gasteiger partial charge in [-0.1, -0.05) is 13.0 Å². The zero-order chi connectivity index (χ0) is 14.4. The minimum absolute atomic E-state index is 0.369. The van der Waals surface area contributed by atoms with Crippen LogP contribution in [-0.4, -0.2) is 32.4 Å². The maximum atomic E-state index is 11.0. The quantitative estimate of drug-likeness (QED) is 0.820. The van der Waals surface area contributed by atoms with Gasteiger partial charge in [-0.3, -0.25) is 4.79 Å². The van der Waals surface area contributed by atoms with Crippen molar-refractivity contribution in [3.05, 3.63) is 23.3 Å². The van der Waals surface area contributed by atoms with Crippen LogP contribution in [0.15, 0.2) is 12.1 Å². The van der Waals surface area contributed by atoms with Crippen LogP contribution in [0.3, 0.4) is 0 Å². The predicted octanol–water partition coefficient (Wildman–Crippen LogP) is 2.11. The smallest absolute Gasteiger partial charge is 0.306 e. The number of carboxylic acid groups (broad SMARTS) is 1. The first-order chi connectivity index (χ1) is 9.04. The normalized spacial score (nSPS) is 12.0. The molecule has 19 heavy (non-hydrogen) atoms. The van der Waals surface area contributed by atoms with Gasteiger partial charge in [-0.05, 0) is 18.1 Å². The lowest BCUT2D eigenvalue weighted by molar-refractivity contribution is -0.141. The van der Waals surface area contributed by atoms with Gasteiger partial charge in [0.25, 0.3) is 0 Å². The third-order valence-corrected chi connectivity index (χ3v) is 2.98. The molecule has 5 nitrogen and oxygen atoms in total. The molecule has 0 spiro atoms. The van der Waals surface area contributed by atoms with E-state index in [0.29, 0.717) is 24.5 Å². The van der Waals surface area contributed by atoms with Crippen molar-refractivity contribution in [2.24, 2.45) is 5.92 Å². The maximum absolute atomic E-state index is 11.0. The largest absolute Gasteiger partial charge is 0.493 e. The molecule has 1 N–H and O–H groups in total. The van der Waals surface area contributed by atoms with Crippen LogP contribution in [0.1, 0.15) is 18.1 Å². The number of rotatable bonds is 7. The second kappa shape index (κ2) is 6.99. The van der Waals surface area contributed by atoms with Crippen LogP contribution in [0.2, 0.25) is 0 Å². The van der Waals surface area contributed by atoms with Gasteiger partial charge in [-0.2, -0.15) is 0 Å². The van der Waals surface area contributed by atoms with Gasteiger partial charge in [0.05, 0.1) is 26.7 Å². The Kier molecular flexibility index (Phi) is 5.63. The zero-order valence-corrected chi connectivity index (χ0v) is 11.7. The minimum Gasteiger partial charge on any atom is -0.493 e. The summed E-state index contributed by atoms with van der Waals surface area (Å²) < 4.78 is 15.7. The molecule has 106 valence electrons. The van der Waals surface area contributed by atoms with Crippen molar-refractivity contribution >= 4 is 5.97 Å². The highest BCUT2D eigenvalue weighted by Gasteiger charge is 2.20. The van der Waals surface area contributed by atoms with Crippen LogP contribution < -0.4 is 9.47 Å². The number of carboxylic acids is 1. The van der Waals surface area contributed by atoms with Gasteiger partial charge in [0, 0.05) is 12.7 Å². The van der Waals surface area contributed by atoms with E-state index in [4.69, 9.17) is 19.3 Å². The van der Waals surface area contributed by atoms with Gasteiger partial charge >= 0.3 is 5.97 Å². The van der Waals surface area contributed by atoms with Gasteiger partial charge in [-0.15, -0.1) is 0 Å². The molecule has 0 amide bonds. The van der Waals surface area contributed by atoms with E-state index in [9.17, 15) is 4.79 Å².